The van der Waals surface area contributed by atoms with Crippen molar-refractivity contribution in [3.63, 3.8) is 0 Å². The van der Waals surface area contributed by atoms with Crippen LogP contribution in [0, 0.1) is 0 Å². The number of aliphatic hydroxyl groups excluding tert-OH is 3. The molecule has 0 bridgehead atoms. The number of hydrogen-bond donors (Lipinski definition) is 3. The molecule has 5 heteroatoms. The van der Waals surface area contributed by atoms with Crippen molar-refractivity contribution in [2.75, 3.05) is 12.4 Å². The first kappa shape index (κ1) is 16.2. The van der Waals surface area contributed by atoms with Gasteiger partial charge in [0, 0.05) is 19.3 Å². The minimum absolute atomic E-state index is 0.0781. The van der Waals surface area contributed by atoms with Gasteiger partial charge in [-0.15, -0.1) is 0 Å². The van der Waals surface area contributed by atoms with Crippen LogP contribution in [-0.4, -0.2) is 38.9 Å². The van der Waals surface area contributed by atoms with Crippen LogP contribution in [0.2, 0.25) is 0 Å². The van der Waals surface area contributed by atoms with Crippen LogP contribution in [0.4, 0.5) is 0 Å². The molecule has 0 fully saturated rings. The average molecular weight is 284 g/mol. The summed E-state index contributed by atoms with van der Waals surface area (Å²) >= 11 is 1.000. The second-order valence-electron chi connectivity index (χ2n) is 4.38. The van der Waals surface area contributed by atoms with Crippen molar-refractivity contribution in [2.24, 2.45) is 0 Å². The van der Waals surface area contributed by atoms with E-state index in [-0.39, 0.29) is 17.5 Å². The molecule has 1 rings (SSSR count). The smallest absolute Gasteiger partial charge is 0.185 e. The fraction of sp³-hybridized carbons (Fsp3) is 0.500. The Bertz CT molecular complexity index is 391. The van der Waals surface area contributed by atoms with Crippen LogP contribution in [0.5, 0.6) is 0 Å². The van der Waals surface area contributed by atoms with Crippen molar-refractivity contribution in [3.8, 4) is 0 Å². The Morgan fingerprint density at radius 2 is 1.89 bits per heavy atom. The molecule has 0 saturated carbocycles. The zero-order chi connectivity index (χ0) is 14.3. The van der Waals surface area contributed by atoms with Gasteiger partial charge < -0.3 is 15.3 Å². The number of rotatable bonds is 7. The summed E-state index contributed by atoms with van der Waals surface area (Å²) in [6, 6.07) is 7.27. The highest BCUT2D eigenvalue weighted by atomic mass is 32.2. The largest absolute Gasteiger partial charge is 0.396 e. The highest BCUT2D eigenvalue weighted by Crippen LogP contribution is 2.20. The van der Waals surface area contributed by atoms with Gasteiger partial charge in [-0.3, -0.25) is 4.79 Å². The van der Waals surface area contributed by atoms with Gasteiger partial charge in [-0.1, -0.05) is 36.0 Å². The Morgan fingerprint density at radius 1 is 1.26 bits per heavy atom. The molecule has 0 aliphatic heterocycles. The molecule has 1 aromatic carbocycles. The predicted molar refractivity (Wildman–Crippen MR) is 76.0 cm³/mol. The lowest BCUT2D eigenvalue weighted by Crippen LogP contribution is -2.21. The summed E-state index contributed by atoms with van der Waals surface area (Å²) in [5.74, 6) is 0.183. The summed E-state index contributed by atoms with van der Waals surface area (Å²) in [5, 5.41) is 28.4. The minimum atomic E-state index is -0.987. The van der Waals surface area contributed by atoms with Gasteiger partial charge in [0.2, 0.25) is 0 Å². The van der Waals surface area contributed by atoms with Crippen LogP contribution < -0.4 is 0 Å². The van der Waals surface area contributed by atoms with E-state index in [2.05, 4.69) is 0 Å². The van der Waals surface area contributed by atoms with Crippen LogP contribution >= 0.6 is 11.8 Å². The van der Waals surface area contributed by atoms with E-state index < -0.39 is 12.2 Å². The third-order valence-electron chi connectivity index (χ3n) is 2.77. The van der Waals surface area contributed by atoms with Crippen molar-refractivity contribution in [3.05, 3.63) is 35.4 Å². The van der Waals surface area contributed by atoms with Crippen molar-refractivity contribution < 1.29 is 20.1 Å². The number of carbonyl (C=O) groups is 1. The molecule has 2 unspecified atom stereocenters. The van der Waals surface area contributed by atoms with Crippen molar-refractivity contribution in [1.82, 2.24) is 0 Å². The van der Waals surface area contributed by atoms with Gasteiger partial charge in [-0.25, -0.2) is 0 Å². The van der Waals surface area contributed by atoms with E-state index in [1.165, 1.54) is 6.92 Å². The summed E-state index contributed by atoms with van der Waals surface area (Å²) in [7, 11) is 0. The quantitative estimate of drug-likeness (QED) is 0.703. The number of benzene rings is 1. The third-order valence-corrected chi connectivity index (χ3v) is 3.68. The molecule has 0 aliphatic carbocycles. The zero-order valence-corrected chi connectivity index (χ0v) is 11.8. The second kappa shape index (κ2) is 8.32. The number of carbonyl (C=O) groups excluding carboxylic acids is 1. The lowest BCUT2D eigenvalue weighted by atomic mass is 10.0. The number of aryl methyl sites for hydroxylation is 1. The van der Waals surface area contributed by atoms with E-state index in [4.69, 9.17) is 5.11 Å². The van der Waals surface area contributed by atoms with Crippen molar-refractivity contribution in [1.29, 1.82) is 0 Å². The maximum absolute atomic E-state index is 10.8. The zero-order valence-electron chi connectivity index (χ0n) is 11.0. The first-order valence-corrected chi connectivity index (χ1v) is 7.22. The highest BCUT2D eigenvalue weighted by molar-refractivity contribution is 8.13. The van der Waals surface area contributed by atoms with E-state index in [9.17, 15) is 15.0 Å². The molecule has 0 heterocycles. The molecule has 4 nitrogen and oxygen atoms in total. The van der Waals surface area contributed by atoms with E-state index in [1.54, 1.807) is 12.1 Å². The number of thioether (sulfide) groups is 1. The summed E-state index contributed by atoms with van der Waals surface area (Å²) in [4.78, 5) is 10.8. The first-order chi connectivity index (χ1) is 9.04. The van der Waals surface area contributed by atoms with Gasteiger partial charge in [0.25, 0.3) is 0 Å². The normalized spacial score (nSPS) is 14.1. The molecule has 0 aliphatic rings. The Balaban J connectivity index is 2.56. The SMILES string of the molecule is CC(=O)SCC(O)C(O)c1ccc(CCCO)cc1. The molecule has 0 spiro atoms. The molecule has 3 N–H and O–H groups in total. The second-order valence-corrected chi connectivity index (χ2v) is 5.58. The summed E-state index contributed by atoms with van der Waals surface area (Å²) in [6.07, 6.45) is -0.453. The molecule has 0 radical (unpaired) electrons. The average Bonchev–Trinajstić information content (AvgIpc) is 2.42. The maximum Gasteiger partial charge on any atom is 0.185 e. The molecule has 0 aromatic heterocycles. The van der Waals surface area contributed by atoms with E-state index >= 15 is 0 Å². The van der Waals surface area contributed by atoms with Gasteiger partial charge in [0.15, 0.2) is 5.12 Å². The van der Waals surface area contributed by atoms with Gasteiger partial charge in [0.1, 0.15) is 6.10 Å². The highest BCUT2D eigenvalue weighted by Gasteiger charge is 2.18. The lowest BCUT2D eigenvalue weighted by molar-refractivity contribution is -0.109. The molecular formula is C14H20O4S. The van der Waals surface area contributed by atoms with Crippen LogP contribution in [0.1, 0.15) is 30.6 Å². The first-order valence-electron chi connectivity index (χ1n) is 6.23. The molecule has 1 aromatic rings. The third kappa shape index (κ3) is 5.74. The Morgan fingerprint density at radius 3 is 2.42 bits per heavy atom. The van der Waals surface area contributed by atoms with E-state index in [0.29, 0.717) is 12.0 Å². The maximum atomic E-state index is 10.8. The molecule has 0 saturated heterocycles. The predicted octanol–water partition coefficient (Wildman–Crippen LogP) is 1.29. The fourth-order valence-electron chi connectivity index (χ4n) is 1.68. The summed E-state index contributed by atoms with van der Waals surface area (Å²) in [5.41, 5.74) is 1.71. The van der Waals surface area contributed by atoms with Crippen LogP contribution in [0.15, 0.2) is 24.3 Å². The van der Waals surface area contributed by atoms with Crippen LogP contribution in [-0.2, 0) is 11.2 Å². The van der Waals surface area contributed by atoms with Gasteiger partial charge in [-0.2, -0.15) is 0 Å². The van der Waals surface area contributed by atoms with Crippen molar-refractivity contribution in [2.45, 2.75) is 32.0 Å². The standard InChI is InChI=1S/C14H20O4S/c1-10(16)19-9-13(17)14(18)12-6-4-11(5-7-12)3-2-8-15/h4-7,13-15,17-18H,2-3,8-9H2,1H3. The molecule has 2 atom stereocenters. The Hall–Kier alpha value is -0.880. The number of hydrogen-bond acceptors (Lipinski definition) is 5. The van der Waals surface area contributed by atoms with Crippen LogP contribution in [0.3, 0.4) is 0 Å². The Kier molecular flexibility index (Phi) is 7.09. The molecule has 0 amide bonds. The molecule has 106 valence electrons. The topological polar surface area (TPSA) is 77.8 Å². The van der Waals surface area contributed by atoms with E-state index in [0.717, 1.165) is 23.7 Å². The number of aliphatic hydroxyl groups is 3. The summed E-state index contributed by atoms with van der Waals surface area (Å²) < 4.78 is 0. The van der Waals surface area contributed by atoms with Gasteiger partial charge >= 0.3 is 0 Å². The van der Waals surface area contributed by atoms with Crippen molar-refractivity contribution >= 4 is 16.9 Å². The molecular weight excluding hydrogens is 264 g/mol. The summed E-state index contributed by atoms with van der Waals surface area (Å²) in [6.45, 7) is 1.59. The van der Waals surface area contributed by atoms with Gasteiger partial charge in [0.05, 0.1) is 6.10 Å². The molecule has 19 heavy (non-hydrogen) atoms. The van der Waals surface area contributed by atoms with E-state index in [1.807, 2.05) is 12.1 Å². The fourth-order valence-corrected chi connectivity index (χ4v) is 2.27. The lowest BCUT2D eigenvalue weighted by Gasteiger charge is -2.17. The van der Waals surface area contributed by atoms with Crippen LogP contribution in [0.25, 0.3) is 0 Å². The minimum Gasteiger partial charge on any atom is -0.396 e. The monoisotopic (exact) mass is 284 g/mol. The Labute approximate surface area is 117 Å². The van der Waals surface area contributed by atoms with Gasteiger partial charge in [-0.05, 0) is 24.0 Å².